The molecular formula is C31H39F4NO4S. The Morgan fingerprint density at radius 1 is 0.756 bits per heavy atom. The fraction of sp³-hybridized carbons (Fsp3) is 0.355. The van der Waals surface area contributed by atoms with Crippen molar-refractivity contribution < 1.29 is 38.7 Å². The predicted molar refractivity (Wildman–Crippen MR) is 160 cm³/mol. The molecular weight excluding hydrogens is 558 g/mol. The van der Waals surface area contributed by atoms with Crippen LogP contribution in [0.2, 0.25) is 0 Å². The summed E-state index contributed by atoms with van der Waals surface area (Å²) in [6.07, 6.45) is 6.32. The summed E-state index contributed by atoms with van der Waals surface area (Å²) < 4.78 is 42.3. The number of hydrogen-bond acceptors (Lipinski definition) is 4. The van der Waals surface area contributed by atoms with E-state index in [4.69, 9.17) is 0 Å². The van der Waals surface area contributed by atoms with E-state index >= 15 is 0 Å². The van der Waals surface area contributed by atoms with E-state index in [0.717, 1.165) is 37.8 Å². The Morgan fingerprint density at radius 2 is 1.34 bits per heavy atom. The van der Waals surface area contributed by atoms with E-state index in [0.29, 0.717) is 5.75 Å². The molecule has 3 aromatic rings. The van der Waals surface area contributed by atoms with Gasteiger partial charge in [-0.05, 0) is 109 Å². The van der Waals surface area contributed by atoms with Gasteiger partial charge >= 0.3 is 5.51 Å². The largest absolute Gasteiger partial charge is 0.508 e. The number of fused-ring (bicyclic) bond motifs is 1. The maximum Gasteiger partial charge on any atom is 0.438 e. The number of halogens is 4. The molecule has 10 heteroatoms. The van der Waals surface area contributed by atoms with Crippen LogP contribution in [0.1, 0.15) is 54.4 Å². The summed E-state index contributed by atoms with van der Waals surface area (Å²) in [5, 5.41) is 19.6. The molecule has 0 atom stereocenters. The molecule has 1 heterocycles. The number of aryl methyl sites for hydroxylation is 1. The summed E-state index contributed by atoms with van der Waals surface area (Å²) in [5.74, 6) is 0.581. The normalized spacial score (nSPS) is 14.7. The summed E-state index contributed by atoms with van der Waals surface area (Å²) in [5.41, 5.74) is 2.86. The van der Waals surface area contributed by atoms with Crippen LogP contribution in [0.25, 0.3) is 11.1 Å². The van der Waals surface area contributed by atoms with Gasteiger partial charge < -0.3 is 26.1 Å². The number of rotatable bonds is 5. The molecule has 0 spiro atoms. The number of nitrogens with zero attached hydrogens (tertiary/aromatic N) is 1. The van der Waals surface area contributed by atoms with E-state index in [2.05, 4.69) is 41.8 Å². The first-order chi connectivity index (χ1) is 18.7. The van der Waals surface area contributed by atoms with Crippen LogP contribution in [0.3, 0.4) is 0 Å². The Labute approximate surface area is 244 Å². The molecule has 2 aliphatic rings. The van der Waals surface area contributed by atoms with E-state index in [9.17, 15) is 27.8 Å². The molecule has 1 saturated heterocycles. The smallest absolute Gasteiger partial charge is 0.438 e. The van der Waals surface area contributed by atoms with Crippen LogP contribution < -0.4 is 0 Å². The fourth-order valence-electron chi connectivity index (χ4n) is 4.95. The number of phenols is 2. The number of aromatic hydroxyl groups is 2. The van der Waals surface area contributed by atoms with Crippen LogP contribution in [0.15, 0.2) is 72.8 Å². The van der Waals surface area contributed by atoms with Crippen molar-refractivity contribution in [1.29, 1.82) is 0 Å². The van der Waals surface area contributed by atoms with E-state index in [1.165, 1.54) is 53.8 Å². The molecule has 41 heavy (non-hydrogen) atoms. The number of likely N-dealkylation sites (tertiary alicyclic amines) is 1. The summed E-state index contributed by atoms with van der Waals surface area (Å²) in [4.78, 5) is 2.33. The van der Waals surface area contributed by atoms with Gasteiger partial charge in [0.15, 0.2) is 0 Å². The lowest BCUT2D eigenvalue weighted by atomic mass is 9.88. The second-order valence-electron chi connectivity index (χ2n) is 9.52. The molecule has 1 aliphatic carbocycles. The van der Waals surface area contributed by atoms with Gasteiger partial charge in [-0.1, -0.05) is 61.2 Å². The van der Waals surface area contributed by atoms with Crippen LogP contribution >= 0.6 is 12.6 Å². The second-order valence-corrected chi connectivity index (χ2v) is 10.0. The van der Waals surface area contributed by atoms with Crippen molar-refractivity contribution >= 4 is 23.8 Å². The van der Waals surface area contributed by atoms with Crippen LogP contribution in [0.5, 0.6) is 11.5 Å². The minimum Gasteiger partial charge on any atom is -0.508 e. The number of hydrogen-bond donors (Lipinski definition) is 3. The van der Waals surface area contributed by atoms with Gasteiger partial charge in [-0.3, -0.25) is 4.39 Å². The average Bonchev–Trinajstić information content (AvgIpc) is 3.35. The number of thiol groups is 1. The highest BCUT2D eigenvalue weighted by Crippen LogP contribution is 2.40. The average molecular weight is 598 g/mol. The SMILES string of the molecule is FC(F)(F)S.FCCCN1CCCC1.O.O.Oc1ccc(C2=C(c3ccccc3)CCCc3cc(O)ccc32)cc1. The third kappa shape index (κ3) is 12.1. The number of allylic oxidation sites excluding steroid dienone is 1. The molecule has 5 rings (SSSR count). The first kappa shape index (κ1) is 36.0. The first-order valence-electron chi connectivity index (χ1n) is 13.1. The fourth-order valence-corrected chi connectivity index (χ4v) is 4.95. The van der Waals surface area contributed by atoms with Gasteiger partial charge in [0.25, 0.3) is 0 Å². The Hall–Kier alpha value is -3.05. The van der Waals surface area contributed by atoms with Crippen molar-refractivity contribution in [1.82, 2.24) is 4.90 Å². The predicted octanol–water partition coefficient (Wildman–Crippen LogP) is 6.62. The van der Waals surface area contributed by atoms with Gasteiger partial charge in [0.05, 0.1) is 6.67 Å². The van der Waals surface area contributed by atoms with Gasteiger partial charge in [-0.2, -0.15) is 13.2 Å². The van der Waals surface area contributed by atoms with Gasteiger partial charge in [-0.25, -0.2) is 0 Å². The highest BCUT2D eigenvalue weighted by atomic mass is 32.1. The molecule has 0 aromatic heterocycles. The first-order valence-corrected chi connectivity index (χ1v) is 13.6. The molecule has 226 valence electrons. The quantitative estimate of drug-likeness (QED) is 0.227. The zero-order chi connectivity index (χ0) is 28.3. The van der Waals surface area contributed by atoms with Crippen LogP contribution in [0, 0.1) is 0 Å². The van der Waals surface area contributed by atoms with Gasteiger partial charge in [0, 0.05) is 6.54 Å². The zero-order valence-corrected chi connectivity index (χ0v) is 23.7. The van der Waals surface area contributed by atoms with Gasteiger partial charge in [0.1, 0.15) is 11.5 Å². The van der Waals surface area contributed by atoms with E-state index in [1.54, 1.807) is 18.2 Å². The Bertz CT molecular complexity index is 1190. The standard InChI is InChI=1S/C23H20O2.C7H14FN.CHF3S.2H2O/c24-19-11-9-17(10-12-19)23-21(16-5-2-1-3-6-16)8-4-7-18-15-20(25)13-14-22(18)23;8-4-3-7-9-5-1-2-6-9;2-1(3,4)5;;/h1-3,5-6,9-15,24-25H,4,7-8H2;1-7H2;5H;2*1H2. The Balaban J connectivity index is 0.000000439. The van der Waals surface area contributed by atoms with Crippen molar-refractivity contribution in [2.45, 2.75) is 44.0 Å². The third-order valence-corrected chi connectivity index (χ3v) is 6.62. The summed E-state index contributed by atoms with van der Waals surface area (Å²) in [6.45, 7) is 3.20. The van der Waals surface area contributed by atoms with Crippen LogP contribution in [-0.2, 0) is 6.42 Å². The molecule has 0 bridgehead atoms. The summed E-state index contributed by atoms with van der Waals surface area (Å²) in [7, 11) is 0. The Morgan fingerprint density at radius 3 is 1.93 bits per heavy atom. The van der Waals surface area contributed by atoms with Crippen molar-refractivity contribution in [2.75, 3.05) is 26.3 Å². The monoisotopic (exact) mass is 597 g/mol. The molecule has 0 radical (unpaired) electrons. The molecule has 1 aliphatic heterocycles. The highest BCUT2D eigenvalue weighted by molar-refractivity contribution is 7.81. The van der Waals surface area contributed by atoms with Crippen molar-refractivity contribution in [3.05, 3.63) is 95.1 Å². The molecule has 0 unspecified atom stereocenters. The Kier molecular flexibility index (Phi) is 15.5. The molecule has 0 saturated carbocycles. The number of alkyl halides is 4. The number of benzene rings is 3. The molecule has 3 aromatic carbocycles. The van der Waals surface area contributed by atoms with E-state index in [-0.39, 0.29) is 23.4 Å². The lowest BCUT2D eigenvalue weighted by molar-refractivity contribution is -0.0303. The molecule has 0 amide bonds. The minimum atomic E-state index is -4.31. The summed E-state index contributed by atoms with van der Waals surface area (Å²) >= 11 is 2.12. The van der Waals surface area contributed by atoms with Crippen LogP contribution in [-0.4, -0.2) is 57.9 Å². The summed E-state index contributed by atoms with van der Waals surface area (Å²) in [6, 6.07) is 23.5. The lowest BCUT2D eigenvalue weighted by Crippen LogP contribution is -2.20. The highest BCUT2D eigenvalue weighted by Gasteiger charge is 2.20. The molecule has 6 N–H and O–H groups in total. The maximum absolute atomic E-state index is 11.6. The van der Waals surface area contributed by atoms with Gasteiger partial charge in [0.2, 0.25) is 0 Å². The van der Waals surface area contributed by atoms with E-state index < -0.39 is 5.51 Å². The van der Waals surface area contributed by atoms with E-state index in [1.807, 2.05) is 30.3 Å². The third-order valence-electron chi connectivity index (χ3n) is 6.62. The van der Waals surface area contributed by atoms with Crippen molar-refractivity contribution in [2.24, 2.45) is 0 Å². The van der Waals surface area contributed by atoms with Crippen LogP contribution in [0.4, 0.5) is 17.6 Å². The zero-order valence-electron chi connectivity index (χ0n) is 22.8. The number of phenolic OH excluding ortho intramolecular Hbond substituents is 2. The topological polar surface area (TPSA) is 107 Å². The maximum atomic E-state index is 11.6. The second kappa shape index (κ2) is 17.7. The van der Waals surface area contributed by atoms with Crippen molar-refractivity contribution in [3.8, 4) is 11.5 Å². The molecule has 5 nitrogen and oxygen atoms in total. The lowest BCUT2D eigenvalue weighted by Gasteiger charge is -2.16. The van der Waals surface area contributed by atoms with Crippen molar-refractivity contribution in [3.63, 3.8) is 0 Å². The van der Waals surface area contributed by atoms with Gasteiger partial charge in [-0.15, -0.1) is 0 Å². The minimum absolute atomic E-state index is 0. The molecule has 1 fully saturated rings.